The van der Waals surface area contributed by atoms with Gasteiger partial charge in [0.15, 0.2) is 0 Å². The molecule has 3 heteroatoms. The van der Waals surface area contributed by atoms with Gasteiger partial charge in [-0.1, -0.05) is 31.5 Å². The van der Waals surface area contributed by atoms with E-state index in [-0.39, 0.29) is 0 Å². The predicted octanol–water partition coefficient (Wildman–Crippen LogP) is 3.30. The van der Waals surface area contributed by atoms with Gasteiger partial charge in [-0.2, -0.15) is 0 Å². The van der Waals surface area contributed by atoms with Gasteiger partial charge in [0.2, 0.25) is 0 Å². The lowest BCUT2D eigenvalue weighted by Gasteiger charge is -2.26. The number of rotatable bonds is 9. The molecule has 3 nitrogen and oxygen atoms in total. The van der Waals surface area contributed by atoms with E-state index in [9.17, 15) is 0 Å². The molecule has 0 aromatic heterocycles. The van der Waals surface area contributed by atoms with Crippen molar-refractivity contribution in [1.82, 2.24) is 0 Å². The molecule has 22 heavy (non-hydrogen) atoms. The molecule has 0 spiro atoms. The number of fused-ring (bicyclic) bond motifs is 1. The zero-order chi connectivity index (χ0) is 15.8. The molecule has 0 saturated heterocycles. The van der Waals surface area contributed by atoms with Crippen LogP contribution in [0.5, 0.6) is 0 Å². The standard InChI is InChI=1S/C19H31NO2/c1-3-4-19(13-20)18-8-7-16-11-15(5-6-17(16)12-18)14-22-10-9-21-2/h7-8,12,15,19H,3-6,9-11,13-14,20H2,1-2H3/t15-,19?/m0/s1. The molecule has 0 aliphatic heterocycles. The monoisotopic (exact) mass is 305 g/mol. The van der Waals surface area contributed by atoms with Crippen molar-refractivity contribution in [1.29, 1.82) is 0 Å². The van der Waals surface area contributed by atoms with Gasteiger partial charge in [-0.25, -0.2) is 0 Å². The summed E-state index contributed by atoms with van der Waals surface area (Å²) in [7, 11) is 1.71. The molecule has 0 saturated carbocycles. The van der Waals surface area contributed by atoms with Crippen LogP contribution in [-0.2, 0) is 22.3 Å². The van der Waals surface area contributed by atoms with Crippen LogP contribution in [0.25, 0.3) is 0 Å². The van der Waals surface area contributed by atoms with Gasteiger partial charge < -0.3 is 15.2 Å². The molecule has 0 radical (unpaired) electrons. The summed E-state index contributed by atoms with van der Waals surface area (Å²) >= 11 is 0. The van der Waals surface area contributed by atoms with Crippen molar-refractivity contribution in [3.8, 4) is 0 Å². The van der Waals surface area contributed by atoms with E-state index < -0.39 is 0 Å². The molecule has 1 aliphatic rings. The Balaban J connectivity index is 1.93. The fourth-order valence-electron chi connectivity index (χ4n) is 3.41. The number of methoxy groups -OCH3 is 1. The van der Waals surface area contributed by atoms with Crippen LogP contribution in [-0.4, -0.2) is 33.5 Å². The Morgan fingerprint density at radius 2 is 2.14 bits per heavy atom. The second kappa shape index (κ2) is 9.29. The first-order valence-electron chi connectivity index (χ1n) is 8.66. The van der Waals surface area contributed by atoms with E-state index in [2.05, 4.69) is 25.1 Å². The lowest BCUT2D eigenvalue weighted by molar-refractivity contribution is 0.0487. The molecular weight excluding hydrogens is 274 g/mol. The second-order valence-electron chi connectivity index (χ2n) is 6.43. The lowest BCUT2D eigenvalue weighted by Crippen LogP contribution is -2.21. The Morgan fingerprint density at radius 3 is 2.86 bits per heavy atom. The summed E-state index contributed by atoms with van der Waals surface area (Å²) in [5, 5.41) is 0. The average Bonchev–Trinajstić information content (AvgIpc) is 2.56. The highest BCUT2D eigenvalue weighted by molar-refractivity contribution is 5.36. The Labute approximate surface area is 135 Å². The Morgan fingerprint density at radius 1 is 1.27 bits per heavy atom. The average molecular weight is 305 g/mol. The van der Waals surface area contributed by atoms with Gasteiger partial charge in [0.05, 0.1) is 13.2 Å². The number of hydrogen-bond donors (Lipinski definition) is 1. The van der Waals surface area contributed by atoms with Crippen molar-refractivity contribution >= 4 is 0 Å². The van der Waals surface area contributed by atoms with E-state index in [1.165, 1.54) is 42.4 Å². The van der Waals surface area contributed by atoms with Crippen LogP contribution in [0.3, 0.4) is 0 Å². The fraction of sp³-hybridized carbons (Fsp3) is 0.684. The topological polar surface area (TPSA) is 44.5 Å². The van der Waals surface area contributed by atoms with Crippen molar-refractivity contribution in [2.45, 2.75) is 44.9 Å². The molecule has 0 fully saturated rings. The molecule has 2 rings (SSSR count). The summed E-state index contributed by atoms with van der Waals surface area (Å²) in [6, 6.07) is 7.02. The van der Waals surface area contributed by atoms with Crippen molar-refractivity contribution in [2.24, 2.45) is 11.7 Å². The van der Waals surface area contributed by atoms with Crippen LogP contribution in [0.15, 0.2) is 18.2 Å². The molecular formula is C19H31NO2. The SMILES string of the molecule is CCCC(CN)c1ccc2c(c1)CC[C@H](COCCOC)C2. The molecule has 0 heterocycles. The molecule has 1 aromatic carbocycles. The number of hydrogen-bond acceptors (Lipinski definition) is 3. The summed E-state index contributed by atoms with van der Waals surface area (Å²) in [6.45, 7) is 5.22. The zero-order valence-corrected chi connectivity index (χ0v) is 14.1. The quantitative estimate of drug-likeness (QED) is 0.712. The number of aryl methyl sites for hydroxylation is 1. The minimum absolute atomic E-state index is 0.519. The fourth-order valence-corrected chi connectivity index (χ4v) is 3.41. The lowest BCUT2D eigenvalue weighted by atomic mass is 9.82. The van der Waals surface area contributed by atoms with Gasteiger partial charge in [-0.15, -0.1) is 0 Å². The smallest absolute Gasteiger partial charge is 0.0700 e. The van der Waals surface area contributed by atoms with E-state index in [0.29, 0.717) is 25.0 Å². The first-order chi connectivity index (χ1) is 10.8. The highest BCUT2D eigenvalue weighted by Gasteiger charge is 2.20. The first kappa shape index (κ1) is 17.5. The molecule has 0 bridgehead atoms. The normalized spacial score (nSPS) is 19.0. The van der Waals surface area contributed by atoms with E-state index in [0.717, 1.165) is 19.6 Å². The third-order valence-corrected chi connectivity index (χ3v) is 4.74. The summed E-state index contributed by atoms with van der Waals surface area (Å²) in [5.41, 5.74) is 10.4. The van der Waals surface area contributed by atoms with Crippen LogP contribution in [0, 0.1) is 5.92 Å². The highest BCUT2D eigenvalue weighted by Crippen LogP contribution is 2.29. The molecule has 2 N–H and O–H groups in total. The minimum atomic E-state index is 0.519. The summed E-state index contributed by atoms with van der Waals surface area (Å²) in [5.74, 6) is 1.17. The molecule has 1 aliphatic carbocycles. The molecule has 1 aromatic rings. The van der Waals surface area contributed by atoms with Crippen LogP contribution < -0.4 is 5.73 Å². The minimum Gasteiger partial charge on any atom is -0.382 e. The molecule has 124 valence electrons. The van der Waals surface area contributed by atoms with Crippen molar-refractivity contribution < 1.29 is 9.47 Å². The Kier molecular flexibility index (Phi) is 7.37. The van der Waals surface area contributed by atoms with E-state index >= 15 is 0 Å². The van der Waals surface area contributed by atoms with Gasteiger partial charge in [0.1, 0.15) is 0 Å². The van der Waals surface area contributed by atoms with Gasteiger partial charge in [-0.05, 0) is 60.8 Å². The van der Waals surface area contributed by atoms with Crippen molar-refractivity contribution in [3.05, 3.63) is 34.9 Å². The maximum Gasteiger partial charge on any atom is 0.0700 e. The highest BCUT2D eigenvalue weighted by atomic mass is 16.5. The molecule has 1 unspecified atom stereocenters. The third kappa shape index (κ3) is 4.80. The van der Waals surface area contributed by atoms with Crippen LogP contribution >= 0.6 is 0 Å². The predicted molar refractivity (Wildman–Crippen MR) is 91.4 cm³/mol. The summed E-state index contributed by atoms with van der Waals surface area (Å²) in [6.07, 6.45) is 5.92. The number of benzene rings is 1. The molecule has 2 atom stereocenters. The summed E-state index contributed by atoms with van der Waals surface area (Å²) < 4.78 is 10.7. The maximum atomic E-state index is 5.94. The number of ether oxygens (including phenoxy) is 2. The maximum absolute atomic E-state index is 5.94. The molecule has 0 amide bonds. The van der Waals surface area contributed by atoms with Gasteiger partial charge >= 0.3 is 0 Å². The zero-order valence-electron chi connectivity index (χ0n) is 14.1. The van der Waals surface area contributed by atoms with Crippen LogP contribution in [0.4, 0.5) is 0 Å². The van der Waals surface area contributed by atoms with E-state index in [1.54, 1.807) is 7.11 Å². The summed E-state index contributed by atoms with van der Waals surface area (Å²) in [4.78, 5) is 0. The van der Waals surface area contributed by atoms with Gasteiger partial charge in [0.25, 0.3) is 0 Å². The second-order valence-corrected chi connectivity index (χ2v) is 6.43. The Hall–Kier alpha value is -0.900. The first-order valence-corrected chi connectivity index (χ1v) is 8.66. The van der Waals surface area contributed by atoms with Crippen molar-refractivity contribution in [2.75, 3.05) is 33.5 Å². The van der Waals surface area contributed by atoms with Crippen molar-refractivity contribution in [3.63, 3.8) is 0 Å². The number of nitrogens with two attached hydrogens (primary N) is 1. The van der Waals surface area contributed by atoms with Crippen LogP contribution in [0.2, 0.25) is 0 Å². The van der Waals surface area contributed by atoms with E-state index in [1.807, 2.05) is 0 Å². The van der Waals surface area contributed by atoms with E-state index in [4.69, 9.17) is 15.2 Å². The largest absolute Gasteiger partial charge is 0.382 e. The third-order valence-electron chi connectivity index (χ3n) is 4.74. The Bertz CT molecular complexity index is 447. The van der Waals surface area contributed by atoms with Gasteiger partial charge in [-0.3, -0.25) is 0 Å². The van der Waals surface area contributed by atoms with Crippen LogP contribution in [0.1, 0.15) is 48.8 Å². The van der Waals surface area contributed by atoms with Gasteiger partial charge in [0, 0.05) is 13.7 Å².